The molecule has 1 amide bonds. The van der Waals surface area contributed by atoms with Gasteiger partial charge < -0.3 is 10.3 Å². The van der Waals surface area contributed by atoms with Gasteiger partial charge in [-0.05, 0) is 25.0 Å². The minimum Gasteiger partial charge on any atom is -0.361 e. The summed E-state index contributed by atoms with van der Waals surface area (Å²) in [5, 5.41) is 6.19. The molecule has 2 N–H and O–H groups in total. The fourth-order valence-corrected chi connectivity index (χ4v) is 3.93. The number of aromatic nitrogens is 2. The Hall–Kier alpha value is -1.79. The second-order valence-corrected chi connectivity index (χ2v) is 7.08. The number of nitrogens with zero attached hydrogens (tertiary/aromatic N) is 1. The standard InChI is InChI=1S/C16H17N3OS2/c1-11-9-21-16(19-11)22-10-15(20)17-7-6-12-8-18-14-5-3-2-4-13(12)14/h2-5,8-9,18H,6-7,10H2,1H3,(H,17,20). The number of carbonyl (C=O) groups is 1. The molecule has 3 aromatic rings. The zero-order chi connectivity index (χ0) is 15.4. The summed E-state index contributed by atoms with van der Waals surface area (Å²) in [6.07, 6.45) is 2.85. The Kier molecular flexibility index (Phi) is 4.80. The van der Waals surface area contributed by atoms with Crippen molar-refractivity contribution in [1.29, 1.82) is 0 Å². The zero-order valence-electron chi connectivity index (χ0n) is 12.3. The summed E-state index contributed by atoms with van der Waals surface area (Å²) in [5.41, 5.74) is 3.38. The van der Waals surface area contributed by atoms with Crippen LogP contribution >= 0.6 is 23.1 Å². The van der Waals surface area contributed by atoms with E-state index in [1.54, 1.807) is 11.3 Å². The number of carbonyl (C=O) groups excluding carboxylic acids is 1. The number of rotatable bonds is 6. The van der Waals surface area contributed by atoms with Crippen LogP contribution in [0.3, 0.4) is 0 Å². The molecule has 0 fully saturated rings. The van der Waals surface area contributed by atoms with Gasteiger partial charge in [-0.25, -0.2) is 4.98 Å². The number of nitrogens with one attached hydrogen (secondary N) is 2. The molecule has 4 nitrogen and oxygen atoms in total. The highest BCUT2D eigenvalue weighted by Gasteiger charge is 2.06. The van der Waals surface area contributed by atoms with Crippen molar-refractivity contribution in [3.05, 3.63) is 47.1 Å². The number of H-pyrrole nitrogens is 1. The van der Waals surface area contributed by atoms with Crippen LogP contribution in [-0.4, -0.2) is 28.2 Å². The van der Waals surface area contributed by atoms with Crippen LogP contribution in [0.2, 0.25) is 0 Å². The first-order chi connectivity index (χ1) is 10.7. The second-order valence-electron chi connectivity index (χ2n) is 5.00. The number of thioether (sulfide) groups is 1. The van der Waals surface area contributed by atoms with Crippen molar-refractivity contribution in [2.75, 3.05) is 12.3 Å². The number of fused-ring (bicyclic) bond motifs is 1. The van der Waals surface area contributed by atoms with E-state index in [2.05, 4.69) is 27.4 Å². The van der Waals surface area contributed by atoms with E-state index >= 15 is 0 Å². The number of para-hydroxylation sites is 1. The topological polar surface area (TPSA) is 57.8 Å². The van der Waals surface area contributed by atoms with E-state index in [4.69, 9.17) is 0 Å². The number of thiazole rings is 1. The largest absolute Gasteiger partial charge is 0.361 e. The third-order valence-electron chi connectivity index (χ3n) is 3.32. The zero-order valence-corrected chi connectivity index (χ0v) is 13.9. The Bertz CT molecular complexity index is 778. The van der Waals surface area contributed by atoms with E-state index in [1.165, 1.54) is 22.7 Å². The van der Waals surface area contributed by atoms with Crippen LogP contribution in [0, 0.1) is 6.92 Å². The number of aryl methyl sites for hydroxylation is 1. The fraction of sp³-hybridized carbons (Fsp3) is 0.250. The summed E-state index contributed by atoms with van der Waals surface area (Å²) >= 11 is 3.07. The lowest BCUT2D eigenvalue weighted by molar-refractivity contribution is -0.118. The van der Waals surface area contributed by atoms with Crippen LogP contribution in [0.1, 0.15) is 11.3 Å². The number of aromatic amines is 1. The second kappa shape index (κ2) is 6.98. The predicted octanol–water partition coefficient (Wildman–Crippen LogP) is 3.38. The first kappa shape index (κ1) is 15.1. The van der Waals surface area contributed by atoms with Crippen LogP contribution in [-0.2, 0) is 11.2 Å². The van der Waals surface area contributed by atoms with Crippen molar-refractivity contribution in [3.8, 4) is 0 Å². The number of amides is 1. The van der Waals surface area contributed by atoms with Gasteiger partial charge in [-0.2, -0.15) is 0 Å². The van der Waals surface area contributed by atoms with Gasteiger partial charge in [0.1, 0.15) is 0 Å². The molecular formula is C16H17N3OS2. The smallest absolute Gasteiger partial charge is 0.230 e. The number of hydrogen-bond acceptors (Lipinski definition) is 4. The van der Waals surface area contributed by atoms with Crippen LogP contribution in [0.15, 0.2) is 40.2 Å². The lowest BCUT2D eigenvalue weighted by Gasteiger charge is -2.04. The normalized spacial score (nSPS) is 11.0. The lowest BCUT2D eigenvalue weighted by Crippen LogP contribution is -2.27. The Morgan fingerprint density at radius 2 is 2.27 bits per heavy atom. The van der Waals surface area contributed by atoms with Gasteiger partial charge in [0.2, 0.25) is 5.91 Å². The number of benzene rings is 1. The van der Waals surface area contributed by atoms with Crippen LogP contribution in [0.4, 0.5) is 0 Å². The van der Waals surface area contributed by atoms with Crippen molar-refractivity contribution in [3.63, 3.8) is 0 Å². The van der Waals surface area contributed by atoms with Gasteiger partial charge in [-0.3, -0.25) is 4.79 Å². The molecule has 0 aliphatic carbocycles. The highest BCUT2D eigenvalue weighted by molar-refractivity contribution is 8.01. The van der Waals surface area contributed by atoms with E-state index < -0.39 is 0 Å². The van der Waals surface area contributed by atoms with Gasteiger partial charge in [0, 0.05) is 34.7 Å². The molecule has 0 saturated carbocycles. The van der Waals surface area contributed by atoms with E-state index in [1.807, 2.05) is 30.6 Å². The molecule has 22 heavy (non-hydrogen) atoms. The van der Waals surface area contributed by atoms with Gasteiger partial charge in [-0.1, -0.05) is 30.0 Å². The summed E-state index contributed by atoms with van der Waals surface area (Å²) in [7, 11) is 0. The molecule has 2 aromatic heterocycles. The van der Waals surface area contributed by atoms with Crippen molar-refractivity contribution < 1.29 is 4.79 Å². The molecule has 6 heteroatoms. The molecule has 0 unspecified atom stereocenters. The summed E-state index contributed by atoms with van der Waals surface area (Å²) in [4.78, 5) is 19.4. The maximum Gasteiger partial charge on any atom is 0.230 e. The molecule has 0 spiro atoms. The summed E-state index contributed by atoms with van der Waals surface area (Å²) in [5.74, 6) is 0.471. The van der Waals surface area contributed by atoms with E-state index in [9.17, 15) is 4.79 Å². The van der Waals surface area contributed by atoms with Gasteiger partial charge in [0.25, 0.3) is 0 Å². The maximum absolute atomic E-state index is 11.9. The monoisotopic (exact) mass is 331 g/mol. The van der Waals surface area contributed by atoms with Crippen LogP contribution in [0.5, 0.6) is 0 Å². The molecule has 3 rings (SSSR count). The summed E-state index contributed by atoms with van der Waals surface area (Å²) in [6.45, 7) is 2.61. The minimum atomic E-state index is 0.0534. The molecule has 0 bridgehead atoms. The summed E-state index contributed by atoms with van der Waals surface area (Å²) < 4.78 is 0.948. The van der Waals surface area contributed by atoms with Crippen LogP contribution < -0.4 is 5.32 Å². The molecule has 0 saturated heterocycles. The van der Waals surface area contributed by atoms with Crippen LogP contribution in [0.25, 0.3) is 10.9 Å². The highest BCUT2D eigenvalue weighted by atomic mass is 32.2. The highest BCUT2D eigenvalue weighted by Crippen LogP contribution is 2.22. The molecule has 0 atom stereocenters. The Morgan fingerprint density at radius 3 is 3.09 bits per heavy atom. The first-order valence-corrected chi connectivity index (χ1v) is 8.95. The van der Waals surface area contributed by atoms with Crippen molar-refractivity contribution in [2.24, 2.45) is 0 Å². The van der Waals surface area contributed by atoms with E-state index in [0.717, 1.165) is 22.0 Å². The molecule has 114 valence electrons. The molecule has 0 aliphatic rings. The number of hydrogen-bond donors (Lipinski definition) is 2. The van der Waals surface area contributed by atoms with Crippen molar-refractivity contribution >= 4 is 39.9 Å². The Labute approximate surface area is 137 Å². The first-order valence-electron chi connectivity index (χ1n) is 7.09. The van der Waals surface area contributed by atoms with Gasteiger partial charge in [0.05, 0.1) is 5.75 Å². The lowest BCUT2D eigenvalue weighted by atomic mass is 10.1. The third-order valence-corrected chi connectivity index (χ3v) is 5.45. The van der Waals surface area contributed by atoms with Gasteiger partial charge in [-0.15, -0.1) is 11.3 Å². The predicted molar refractivity (Wildman–Crippen MR) is 92.6 cm³/mol. The Morgan fingerprint density at radius 1 is 1.41 bits per heavy atom. The molecular weight excluding hydrogens is 314 g/mol. The summed E-state index contributed by atoms with van der Waals surface area (Å²) in [6, 6.07) is 8.21. The third kappa shape index (κ3) is 3.69. The van der Waals surface area contributed by atoms with Gasteiger partial charge in [0.15, 0.2) is 4.34 Å². The molecule has 1 aromatic carbocycles. The Balaban J connectivity index is 1.45. The molecule has 0 aliphatic heterocycles. The van der Waals surface area contributed by atoms with Crippen molar-refractivity contribution in [2.45, 2.75) is 17.7 Å². The quantitative estimate of drug-likeness (QED) is 0.681. The average molecular weight is 331 g/mol. The van der Waals surface area contributed by atoms with Crippen molar-refractivity contribution in [1.82, 2.24) is 15.3 Å². The SMILES string of the molecule is Cc1csc(SCC(=O)NCCc2c[nH]c3ccccc23)n1. The average Bonchev–Trinajstić information content (AvgIpc) is 3.12. The van der Waals surface area contributed by atoms with E-state index in [0.29, 0.717) is 12.3 Å². The minimum absolute atomic E-state index is 0.0534. The molecule has 2 heterocycles. The fourth-order valence-electron chi connectivity index (χ4n) is 2.25. The maximum atomic E-state index is 11.9. The molecule has 0 radical (unpaired) electrons. The van der Waals surface area contributed by atoms with Gasteiger partial charge >= 0.3 is 0 Å². The van der Waals surface area contributed by atoms with E-state index in [-0.39, 0.29) is 5.91 Å².